The Bertz CT molecular complexity index is 395. The van der Waals surface area contributed by atoms with Gasteiger partial charge in [0.2, 0.25) is 0 Å². The second-order valence-electron chi connectivity index (χ2n) is 6.95. The SMILES string of the molecule is CCCC(C)C(CNC(C)(C)C)Cc1ccccc1Br. The standard InChI is InChI=1S/C18H30BrN/c1-6-9-14(2)16(13-20-18(3,4)5)12-15-10-7-8-11-17(15)19/h7-8,10-11,14,16,20H,6,9,12-13H2,1-5H3. The van der Waals surface area contributed by atoms with Gasteiger partial charge in [-0.25, -0.2) is 0 Å². The first kappa shape index (κ1) is 17.7. The van der Waals surface area contributed by atoms with Crippen molar-refractivity contribution in [2.24, 2.45) is 11.8 Å². The molecule has 2 heteroatoms. The lowest BCUT2D eigenvalue weighted by atomic mass is 9.84. The third-order valence-corrected chi connectivity index (χ3v) is 4.66. The van der Waals surface area contributed by atoms with E-state index < -0.39 is 0 Å². The molecule has 20 heavy (non-hydrogen) atoms. The molecular formula is C18H30BrN. The number of benzene rings is 1. The molecule has 114 valence electrons. The quantitative estimate of drug-likeness (QED) is 0.698. The van der Waals surface area contributed by atoms with Crippen molar-refractivity contribution in [1.29, 1.82) is 0 Å². The molecule has 0 aliphatic carbocycles. The number of hydrogen-bond donors (Lipinski definition) is 1. The molecule has 0 aromatic heterocycles. The van der Waals surface area contributed by atoms with E-state index in [4.69, 9.17) is 0 Å². The van der Waals surface area contributed by atoms with Crippen LogP contribution in [0.2, 0.25) is 0 Å². The Morgan fingerprint density at radius 3 is 2.40 bits per heavy atom. The first-order valence-corrected chi connectivity index (χ1v) is 8.61. The van der Waals surface area contributed by atoms with E-state index >= 15 is 0 Å². The van der Waals surface area contributed by atoms with Crippen LogP contribution < -0.4 is 5.32 Å². The minimum absolute atomic E-state index is 0.193. The van der Waals surface area contributed by atoms with Crippen molar-refractivity contribution in [3.8, 4) is 0 Å². The van der Waals surface area contributed by atoms with E-state index in [0.717, 1.165) is 18.9 Å². The number of halogens is 1. The molecular weight excluding hydrogens is 310 g/mol. The van der Waals surface area contributed by atoms with Gasteiger partial charge in [-0.1, -0.05) is 60.8 Å². The van der Waals surface area contributed by atoms with Gasteiger partial charge < -0.3 is 5.32 Å². The van der Waals surface area contributed by atoms with Crippen LogP contribution in [0.3, 0.4) is 0 Å². The summed E-state index contributed by atoms with van der Waals surface area (Å²) in [5.41, 5.74) is 1.62. The maximum Gasteiger partial charge on any atom is 0.0207 e. The first-order chi connectivity index (χ1) is 9.33. The van der Waals surface area contributed by atoms with Crippen LogP contribution in [0.1, 0.15) is 53.0 Å². The van der Waals surface area contributed by atoms with E-state index in [9.17, 15) is 0 Å². The summed E-state index contributed by atoms with van der Waals surface area (Å²) < 4.78 is 1.24. The molecule has 0 fully saturated rings. The zero-order chi connectivity index (χ0) is 15.2. The molecule has 1 nitrogen and oxygen atoms in total. The van der Waals surface area contributed by atoms with Crippen molar-refractivity contribution in [1.82, 2.24) is 5.32 Å². The zero-order valence-corrected chi connectivity index (χ0v) is 15.3. The maximum atomic E-state index is 3.69. The molecule has 0 spiro atoms. The Kier molecular flexibility index (Phi) is 7.25. The van der Waals surface area contributed by atoms with Crippen molar-refractivity contribution >= 4 is 15.9 Å². The summed E-state index contributed by atoms with van der Waals surface area (Å²) in [6, 6.07) is 8.62. The fourth-order valence-corrected chi connectivity index (χ4v) is 3.00. The molecule has 1 aromatic rings. The van der Waals surface area contributed by atoms with Gasteiger partial charge in [0.05, 0.1) is 0 Å². The third-order valence-electron chi connectivity index (χ3n) is 3.88. The van der Waals surface area contributed by atoms with Crippen molar-refractivity contribution in [2.45, 2.75) is 59.4 Å². The van der Waals surface area contributed by atoms with Gasteiger partial charge in [-0.05, 0) is 57.2 Å². The zero-order valence-electron chi connectivity index (χ0n) is 13.7. The summed E-state index contributed by atoms with van der Waals surface area (Å²) >= 11 is 3.68. The van der Waals surface area contributed by atoms with Crippen molar-refractivity contribution in [2.75, 3.05) is 6.54 Å². The van der Waals surface area contributed by atoms with Gasteiger partial charge in [-0.3, -0.25) is 0 Å². The molecule has 2 atom stereocenters. The molecule has 0 aliphatic rings. The Labute approximate surface area is 133 Å². The van der Waals surface area contributed by atoms with Crippen molar-refractivity contribution in [3.63, 3.8) is 0 Å². The summed E-state index contributed by atoms with van der Waals surface area (Å²) in [5.74, 6) is 1.44. The molecule has 0 aliphatic heterocycles. The van der Waals surface area contributed by atoms with Gasteiger partial charge in [-0.2, -0.15) is 0 Å². The number of nitrogens with one attached hydrogen (secondary N) is 1. The van der Waals surface area contributed by atoms with Crippen LogP contribution in [-0.2, 0) is 6.42 Å². The fraction of sp³-hybridized carbons (Fsp3) is 0.667. The molecule has 1 N–H and O–H groups in total. The lowest BCUT2D eigenvalue weighted by Gasteiger charge is -2.29. The summed E-state index contributed by atoms with van der Waals surface area (Å²) in [7, 11) is 0. The second-order valence-corrected chi connectivity index (χ2v) is 7.81. The van der Waals surface area contributed by atoms with E-state index in [2.05, 4.69) is 80.1 Å². The molecule has 0 saturated heterocycles. The minimum Gasteiger partial charge on any atom is -0.312 e. The summed E-state index contributed by atoms with van der Waals surface area (Å²) in [6.07, 6.45) is 3.72. The van der Waals surface area contributed by atoms with E-state index in [1.54, 1.807) is 0 Å². The summed E-state index contributed by atoms with van der Waals surface area (Å²) in [6.45, 7) is 12.5. The predicted molar refractivity (Wildman–Crippen MR) is 93.2 cm³/mol. The monoisotopic (exact) mass is 339 g/mol. The number of hydrogen-bond acceptors (Lipinski definition) is 1. The smallest absolute Gasteiger partial charge is 0.0207 e. The van der Waals surface area contributed by atoms with Crippen LogP contribution in [0.5, 0.6) is 0 Å². The Morgan fingerprint density at radius 2 is 1.85 bits per heavy atom. The average molecular weight is 340 g/mol. The van der Waals surface area contributed by atoms with Crippen LogP contribution in [0, 0.1) is 11.8 Å². The topological polar surface area (TPSA) is 12.0 Å². The third kappa shape index (κ3) is 6.41. The fourth-order valence-electron chi connectivity index (χ4n) is 2.55. The molecule has 0 saturated carbocycles. The van der Waals surface area contributed by atoms with Crippen molar-refractivity contribution in [3.05, 3.63) is 34.3 Å². The van der Waals surface area contributed by atoms with Crippen LogP contribution in [0.4, 0.5) is 0 Å². The van der Waals surface area contributed by atoms with Crippen LogP contribution in [0.15, 0.2) is 28.7 Å². The highest BCUT2D eigenvalue weighted by atomic mass is 79.9. The highest BCUT2D eigenvalue weighted by Gasteiger charge is 2.20. The highest BCUT2D eigenvalue weighted by molar-refractivity contribution is 9.10. The van der Waals surface area contributed by atoms with Gasteiger partial charge in [0.15, 0.2) is 0 Å². The maximum absolute atomic E-state index is 3.69. The van der Waals surface area contributed by atoms with Crippen LogP contribution in [-0.4, -0.2) is 12.1 Å². The van der Waals surface area contributed by atoms with Crippen LogP contribution in [0.25, 0.3) is 0 Å². The first-order valence-electron chi connectivity index (χ1n) is 7.82. The normalized spacial score (nSPS) is 15.1. The molecule has 2 unspecified atom stereocenters. The lowest BCUT2D eigenvalue weighted by molar-refractivity contribution is 0.285. The lowest BCUT2D eigenvalue weighted by Crippen LogP contribution is -2.41. The molecule has 1 aromatic carbocycles. The van der Waals surface area contributed by atoms with Gasteiger partial charge >= 0.3 is 0 Å². The second kappa shape index (κ2) is 8.19. The molecule has 0 bridgehead atoms. The van der Waals surface area contributed by atoms with E-state index in [-0.39, 0.29) is 5.54 Å². The van der Waals surface area contributed by atoms with Crippen LogP contribution >= 0.6 is 15.9 Å². The largest absolute Gasteiger partial charge is 0.312 e. The highest BCUT2D eigenvalue weighted by Crippen LogP contribution is 2.25. The molecule has 1 rings (SSSR count). The summed E-state index contributed by atoms with van der Waals surface area (Å²) in [4.78, 5) is 0. The van der Waals surface area contributed by atoms with Crippen molar-refractivity contribution < 1.29 is 0 Å². The Morgan fingerprint density at radius 1 is 1.20 bits per heavy atom. The van der Waals surface area contributed by atoms with Gasteiger partial charge in [0.1, 0.15) is 0 Å². The molecule has 0 radical (unpaired) electrons. The Balaban J connectivity index is 2.74. The van der Waals surface area contributed by atoms with Gasteiger partial charge in [-0.15, -0.1) is 0 Å². The van der Waals surface area contributed by atoms with E-state index in [0.29, 0.717) is 5.92 Å². The van der Waals surface area contributed by atoms with Gasteiger partial charge in [0.25, 0.3) is 0 Å². The number of rotatable bonds is 7. The molecule has 0 heterocycles. The summed E-state index contributed by atoms with van der Waals surface area (Å²) in [5, 5.41) is 3.69. The average Bonchev–Trinajstić information content (AvgIpc) is 2.35. The minimum atomic E-state index is 0.193. The van der Waals surface area contributed by atoms with E-state index in [1.165, 1.54) is 22.9 Å². The predicted octanol–water partition coefficient (Wildman–Crippen LogP) is 5.43. The van der Waals surface area contributed by atoms with E-state index in [1.807, 2.05) is 0 Å². The molecule has 0 amide bonds. The van der Waals surface area contributed by atoms with Gasteiger partial charge in [0, 0.05) is 10.0 Å². The Hall–Kier alpha value is -0.340.